The third-order valence-electron chi connectivity index (χ3n) is 3.25. The van der Waals surface area contributed by atoms with Gasteiger partial charge in [0.05, 0.1) is 18.5 Å². The predicted molar refractivity (Wildman–Crippen MR) is 79.0 cm³/mol. The highest BCUT2D eigenvalue weighted by Gasteiger charge is 2.34. The summed E-state index contributed by atoms with van der Waals surface area (Å²) in [5.41, 5.74) is 0.532. The molecule has 0 aromatic carbocycles. The van der Waals surface area contributed by atoms with E-state index in [4.69, 9.17) is 9.47 Å². The molecule has 0 aliphatic rings. The molecule has 1 N–H and O–H groups in total. The number of nitrogens with zero attached hydrogens (tertiary/aromatic N) is 1. The van der Waals surface area contributed by atoms with Crippen LogP contribution in [0.4, 0.5) is 5.69 Å². The van der Waals surface area contributed by atoms with Crippen molar-refractivity contribution in [2.45, 2.75) is 39.7 Å². The van der Waals surface area contributed by atoms with E-state index in [1.54, 1.807) is 33.3 Å². The summed E-state index contributed by atoms with van der Waals surface area (Å²) >= 11 is 0. The number of nitrogens with one attached hydrogen (secondary N) is 1. The van der Waals surface area contributed by atoms with E-state index in [9.17, 15) is 4.79 Å². The first-order valence-electron chi connectivity index (χ1n) is 6.70. The zero-order valence-corrected chi connectivity index (χ0v) is 13.1. The number of anilines is 1. The summed E-state index contributed by atoms with van der Waals surface area (Å²) in [6, 6.07) is 3.50. The molecule has 0 saturated carbocycles. The van der Waals surface area contributed by atoms with Gasteiger partial charge in [-0.25, -0.2) is 4.98 Å². The Balaban J connectivity index is 2.89. The van der Waals surface area contributed by atoms with Crippen LogP contribution in [0.3, 0.4) is 0 Å². The SMILES string of the molecule is COc1ccc(NC(=O)[C@@](C)(CC(C)C)OC)c(C)n1. The molecule has 1 aromatic heterocycles. The number of carbonyl (C=O) groups excluding carboxylic acids is 1. The van der Waals surface area contributed by atoms with Crippen LogP contribution in [-0.2, 0) is 9.53 Å². The second-order valence-corrected chi connectivity index (χ2v) is 5.47. The fourth-order valence-electron chi connectivity index (χ4n) is 2.09. The Morgan fingerprint density at radius 1 is 1.40 bits per heavy atom. The quantitative estimate of drug-likeness (QED) is 0.870. The minimum absolute atomic E-state index is 0.163. The van der Waals surface area contributed by atoms with Crippen LogP contribution < -0.4 is 10.1 Å². The van der Waals surface area contributed by atoms with E-state index in [0.29, 0.717) is 29.6 Å². The van der Waals surface area contributed by atoms with Crippen molar-refractivity contribution in [3.63, 3.8) is 0 Å². The molecular weight excluding hydrogens is 256 g/mol. The first-order valence-corrected chi connectivity index (χ1v) is 6.70. The number of amides is 1. The van der Waals surface area contributed by atoms with Gasteiger partial charge in [0.1, 0.15) is 5.60 Å². The van der Waals surface area contributed by atoms with Gasteiger partial charge in [-0.05, 0) is 32.3 Å². The van der Waals surface area contributed by atoms with Crippen molar-refractivity contribution in [1.29, 1.82) is 0 Å². The lowest BCUT2D eigenvalue weighted by atomic mass is 9.93. The number of hydrogen-bond acceptors (Lipinski definition) is 4. The average Bonchev–Trinajstić information content (AvgIpc) is 2.39. The van der Waals surface area contributed by atoms with E-state index < -0.39 is 5.60 Å². The van der Waals surface area contributed by atoms with Crippen molar-refractivity contribution in [1.82, 2.24) is 4.98 Å². The van der Waals surface area contributed by atoms with Gasteiger partial charge in [-0.15, -0.1) is 0 Å². The fraction of sp³-hybridized carbons (Fsp3) is 0.600. The molecule has 0 saturated heterocycles. The summed E-state index contributed by atoms with van der Waals surface area (Å²) in [5, 5.41) is 2.88. The van der Waals surface area contributed by atoms with E-state index in [-0.39, 0.29) is 5.91 Å². The summed E-state index contributed by atoms with van der Waals surface area (Å²) < 4.78 is 10.5. The van der Waals surface area contributed by atoms with Gasteiger partial charge in [0.2, 0.25) is 5.88 Å². The highest BCUT2D eigenvalue weighted by atomic mass is 16.5. The van der Waals surface area contributed by atoms with Crippen molar-refractivity contribution < 1.29 is 14.3 Å². The molecular formula is C15H24N2O3. The number of aryl methyl sites for hydroxylation is 1. The lowest BCUT2D eigenvalue weighted by Crippen LogP contribution is -2.43. The molecule has 1 heterocycles. The molecule has 0 radical (unpaired) electrons. The summed E-state index contributed by atoms with van der Waals surface area (Å²) in [5.74, 6) is 0.724. The van der Waals surface area contributed by atoms with Crippen LogP contribution in [0, 0.1) is 12.8 Å². The second-order valence-electron chi connectivity index (χ2n) is 5.47. The molecule has 1 atom stereocenters. The fourth-order valence-corrected chi connectivity index (χ4v) is 2.09. The number of ether oxygens (including phenoxy) is 2. The van der Waals surface area contributed by atoms with Crippen LogP contribution in [-0.4, -0.2) is 30.7 Å². The van der Waals surface area contributed by atoms with Crippen molar-refractivity contribution in [2.24, 2.45) is 5.92 Å². The molecule has 0 spiro atoms. The number of pyridine rings is 1. The molecule has 5 nitrogen and oxygen atoms in total. The van der Waals surface area contributed by atoms with Gasteiger partial charge < -0.3 is 14.8 Å². The van der Waals surface area contributed by atoms with Gasteiger partial charge >= 0.3 is 0 Å². The number of methoxy groups -OCH3 is 2. The minimum atomic E-state index is -0.847. The zero-order valence-electron chi connectivity index (χ0n) is 13.1. The van der Waals surface area contributed by atoms with E-state index in [1.807, 2.05) is 6.92 Å². The van der Waals surface area contributed by atoms with E-state index in [2.05, 4.69) is 24.1 Å². The maximum atomic E-state index is 12.4. The lowest BCUT2D eigenvalue weighted by Gasteiger charge is -2.28. The monoisotopic (exact) mass is 280 g/mol. The summed E-state index contributed by atoms with van der Waals surface area (Å²) in [4.78, 5) is 16.6. The van der Waals surface area contributed by atoms with Crippen LogP contribution >= 0.6 is 0 Å². The van der Waals surface area contributed by atoms with Gasteiger partial charge in [0.15, 0.2) is 0 Å². The summed E-state index contributed by atoms with van der Waals surface area (Å²) in [7, 11) is 3.12. The Hall–Kier alpha value is -1.62. The molecule has 0 aliphatic heterocycles. The number of rotatable bonds is 6. The van der Waals surface area contributed by atoms with Gasteiger partial charge in [-0.2, -0.15) is 0 Å². The molecule has 1 amide bonds. The van der Waals surface area contributed by atoms with Gasteiger partial charge in [-0.3, -0.25) is 4.79 Å². The van der Waals surface area contributed by atoms with E-state index >= 15 is 0 Å². The number of hydrogen-bond donors (Lipinski definition) is 1. The third kappa shape index (κ3) is 3.93. The molecule has 1 rings (SSSR count). The van der Waals surface area contributed by atoms with Crippen LogP contribution in [0.1, 0.15) is 32.9 Å². The van der Waals surface area contributed by atoms with Crippen LogP contribution in [0.2, 0.25) is 0 Å². The normalized spacial score (nSPS) is 13.9. The standard InChI is InChI=1S/C15H24N2O3/c1-10(2)9-15(4,20-6)14(18)17-12-7-8-13(19-5)16-11(12)3/h7-8,10H,9H2,1-6H3,(H,17,18)/t15-/m1/s1. The zero-order chi connectivity index (χ0) is 15.3. The molecule has 0 unspecified atom stereocenters. The molecule has 1 aromatic rings. The number of aromatic nitrogens is 1. The predicted octanol–water partition coefficient (Wildman–Crippen LogP) is 2.79. The number of carbonyl (C=O) groups is 1. The molecule has 0 aliphatic carbocycles. The maximum Gasteiger partial charge on any atom is 0.256 e. The second kappa shape index (κ2) is 6.70. The molecule has 20 heavy (non-hydrogen) atoms. The van der Waals surface area contributed by atoms with Crippen LogP contribution in [0.15, 0.2) is 12.1 Å². The van der Waals surface area contributed by atoms with E-state index in [1.165, 1.54) is 0 Å². The van der Waals surface area contributed by atoms with Crippen molar-refractivity contribution in [3.8, 4) is 5.88 Å². The summed E-state index contributed by atoms with van der Waals surface area (Å²) in [6.45, 7) is 7.74. The first kappa shape index (κ1) is 16.4. The summed E-state index contributed by atoms with van der Waals surface area (Å²) in [6.07, 6.45) is 0.651. The Labute approximate surface area is 120 Å². The Morgan fingerprint density at radius 2 is 2.05 bits per heavy atom. The van der Waals surface area contributed by atoms with Gasteiger partial charge in [0.25, 0.3) is 5.91 Å². The van der Waals surface area contributed by atoms with Gasteiger partial charge in [0, 0.05) is 13.2 Å². The molecule has 0 bridgehead atoms. The highest BCUT2D eigenvalue weighted by Crippen LogP contribution is 2.24. The average molecular weight is 280 g/mol. The third-order valence-corrected chi connectivity index (χ3v) is 3.25. The highest BCUT2D eigenvalue weighted by molar-refractivity contribution is 5.97. The Kier molecular flexibility index (Phi) is 5.51. The molecule has 0 fully saturated rings. The lowest BCUT2D eigenvalue weighted by molar-refractivity contribution is -0.137. The molecule has 5 heteroatoms. The molecule has 112 valence electrons. The smallest absolute Gasteiger partial charge is 0.256 e. The van der Waals surface area contributed by atoms with Crippen molar-refractivity contribution >= 4 is 11.6 Å². The van der Waals surface area contributed by atoms with Crippen LogP contribution in [0.5, 0.6) is 5.88 Å². The van der Waals surface area contributed by atoms with Crippen molar-refractivity contribution in [2.75, 3.05) is 19.5 Å². The first-order chi connectivity index (χ1) is 9.32. The van der Waals surface area contributed by atoms with Crippen molar-refractivity contribution in [3.05, 3.63) is 17.8 Å². The topological polar surface area (TPSA) is 60.5 Å². The Bertz CT molecular complexity index is 474. The minimum Gasteiger partial charge on any atom is -0.481 e. The van der Waals surface area contributed by atoms with E-state index in [0.717, 1.165) is 0 Å². The maximum absolute atomic E-state index is 12.4. The largest absolute Gasteiger partial charge is 0.481 e. The Morgan fingerprint density at radius 3 is 2.50 bits per heavy atom. The van der Waals surface area contributed by atoms with Gasteiger partial charge in [-0.1, -0.05) is 13.8 Å². The van der Waals surface area contributed by atoms with Crippen LogP contribution in [0.25, 0.3) is 0 Å².